The molecular formula is C33H42N6O9. The number of rotatable bonds is 13. The number of nitrogens with two attached hydrogens (primary N) is 1. The molecule has 5 amide bonds. The zero-order valence-corrected chi connectivity index (χ0v) is 27.5. The van der Waals surface area contributed by atoms with Crippen molar-refractivity contribution in [3.8, 4) is 5.75 Å². The number of nitro benzene ring substituents is 1. The average Bonchev–Trinajstić information content (AvgIpc) is 3.01. The van der Waals surface area contributed by atoms with Crippen molar-refractivity contribution in [1.29, 1.82) is 0 Å². The molecule has 0 spiro atoms. The van der Waals surface area contributed by atoms with Gasteiger partial charge in [0.1, 0.15) is 17.8 Å². The molecule has 0 bridgehead atoms. The zero-order chi connectivity index (χ0) is 35.9. The van der Waals surface area contributed by atoms with Crippen molar-refractivity contribution in [2.45, 2.75) is 84.0 Å². The van der Waals surface area contributed by atoms with Crippen molar-refractivity contribution >= 4 is 46.7 Å². The predicted octanol–water partition coefficient (Wildman–Crippen LogP) is 1.96. The van der Waals surface area contributed by atoms with Gasteiger partial charge in [-0.3, -0.25) is 43.8 Å². The molecule has 1 fully saturated rings. The van der Waals surface area contributed by atoms with E-state index in [1.807, 2.05) is 0 Å². The monoisotopic (exact) mass is 666 g/mol. The topological polar surface area (TPSA) is 231 Å². The van der Waals surface area contributed by atoms with E-state index in [4.69, 9.17) is 5.73 Å². The van der Waals surface area contributed by atoms with E-state index in [9.17, 15) is 44.0 Å². The summed E-state index contributed by atoms with van der Waals surface area (Å²) in [6.45, 7) is 8.01. The van der Waals surface area contributed by atoms with Crippen LogP contribution >= 0.6 is 0 Å². The fraction of sp³-hybridized carbons (Fsp3) is 0.455. The molecule has 4 atom stereocenters. The Kier molecular flexibility index (Phi) is 12.1. The van der Waals surface area contributed by atoms with Crippen molar-refractivity contribution < 1.29 is 38.8 Å². The summed E-state index contributed by atoms with van der Waals surface area (Å²) in [5.74, 6) is -6.00. The van der Waals surface area contributed by atoms with Gasteiger partial charge in [-0.05, 0) is 55.0 Å². The number of phenolic OH excluding ortho intramolecular Hbond substituents is 1. The first-order chi connectivity index (χ1) is 22.5. The quantitative estimate of drug-likeness (QED) is 0.118. The second kappa shape index (κ2) is 15.6. The van der Waals surface area contributed by atoms with Gasteiger partial charge in [-0.15, -0.1) is 0 Å². The van der Waals surface area contributed by atoms with Crippen molar-refractivity contribution in [2.24, 2.45) is 17.6 Å². The lowest BCUT2D eigenvalue weighted by Gasteiger charge is -2.46. The number of carbonyl (C=O) groups is 6. The second-order valence-corrected chi connectivity index (χ2v) is 12.6. The number of imide groups is 1. The minimum absolute atomic E-state index is 0.00559. The summed E-state index contributed by atoms with van der Waals surface area (Å²) in [6.07, 6.45) is -0.691. The first-order valence-electron chi connectivity index (χ1n) is 15.6. The third-order valence-corrected chi connectivity index (χ3v) is 8.08. The summed E-state index contributed by atoms with van der Waals surface area (Å²) in [5, 5.41) is 28.5. The first-order valence-corrected chi connectivity index (χ1v) is 15.6. The van der Waals surface area contributed by atoms with Gasteiger partial charge in [-0.25, -0.2) is 0 Å². The molecule has 0 unspecified atom stereocenters. The van der Waals surface area contributed by atoms with Crippen LogP contribution in [0, 0.1) is 22.0 Å². The fourth-order valence-corrected chi connectivity index (χ4v) is 5.61. The van der Waals surface area contributed by atoms with Crippen LogP contribution in [0.2, 0.25) is 0 Å². The highest BCUT2D eigenvalue weighted by Crippen LogP contribution is 2.36. The van der Waals surface area contributed by atoms with Gasteiger partial charge in [0.05, 0.1) is 11.0 Å². The molecular weight excluding hydrogens is 624 g/mol. The van der Waals surface area contributed by atoms with Crippen molar-refractivity contribution in [3.63, 3.8) is 0 Å². The molecule has 3 rings (SSSR count). The Bertz CT molecular complexity index is 1560. The number of phenols is 1. The molecule has 2 aromatic carbocycles. The molecule has 0 aliphatic carbocycles. The number of benzene rings is 2. The predicted molar refractivity (Wildman–Crippen MR) is 174 cm³/mol. The number of ketones is 1. The van der Waals surface area contributed by atoms with Gasteiger partial charge in [-0.2, -0.15) is 0 Å². The molecule has 1 aliphatic heterocycles. The van der Waals surface area contributed by atoms with Crippen molar-refractivity contribution in [2.75, 3.05) is 5.32 Å². The SMILES string of the molecule is CC(C)C[C@H](NC(=O)[C@H](Cc1ccc(O)cc1)NC(=O)[C@H](C)N)C(=O)N1C(=O)CCC(=O)[C@@]1(C(=O)Nc1ccc([N+](=O)[O-])cc1)C(C)C. The summed E-state index contributed by atoms with van der Waals surface area (Å²) in [4.78, 5) is 93.2. The van der Waals surface area contributed by atoms with Gasteiger partial charge in [0.25, 0.3) is 17.5 Å². The number of hydrogen-bond donors (Lipinski definition) is 5. The van der Waals surface area contributed by atoms with E-state index in [0.29, 0.717) is 10.5 Å². The lowest BCUT2D eigenvalue weighted by Crippen LogP contribution is -2.72. The third-order valence-electron chi connectivity index (χ3n) is 8.08. The number of piperidine rings is 1. The highest BCUT2D eigenvalue weighted by Gasteiger charge is 2.60. The molecule has 15 nitrogen and oxygen atoms in total. The Balaban J connectivity index is 2.02. The third kappa shape index (κ3) is 8.39. The number of aromatic hydroxyl groups is 1. The van der Waals surface area contributed by atoms with E-state index in [-0.39, 0.29) is 48.7 Å². The highest BCUT2D eigenvalue weighted by molar-refractivity contribution is 6.23. The summed E-state index contributed by atoms with van der Waals surface area (Å²) in [5.41, 5.74) is 3.86. The van der Waals surface area contributed by atoms with Crippen LogP contribution in [0.4, 0.5) is 11.4 Å². The van der Waals surface area contributed by atoms with E-state index in [0.717, 1.165) is 12.1 Å². The Morgan fingerprint density at radius 2 is 1.50 bits per heavy atom. The van der Waals surface area contributed by atoms with Crippen LogP contribution in [-0.2, 0) is 35.2 Å². The number of likely N-dealkylation sites (tertiary alicyclic amines) is 1. The maximum atomic E-state index is 14.4. The molecule has 6 N–H and O–H groups in total. The molecule has 0 radical (unpaired) electrons. The van der Waals surface area contributed by atoms with Gasteiger partial charge in [0.15, 0.2) is 11.3 Å². The normalized spacial score (nSPS) is 18.2. The van der Waals surface area contributed by atoms with E-state index in [1.165, 1.54) is 45.0 Å². The second-order valence-electron chi connectivity index (χ2n) is 12.6. The van der Waals surface area contributed by atoms with Crippen molar-refractivity contribution in [3.05, 3.63) is 64.2 Å². The van der Waals surface area contributed by atoms with Crippen LogP contribution in [0.1, 0.15) is 59.4 Å². The van der Waals surface area contributed by atoms with Crippen LogP contribution in [-0.4, -0.2) is 73.9 Å². The Morgan fingerprint density at radius 3 is 2.02 bits per heavy atom. The lowest BCUT2D eigenvalue weighted by molar-refractivity contribution is -0.384. The van der Waals surface area contributed by atoms with Crippen LogP contribution in [0.25, 0.3) is 0 Å². The molecule has 0 saturated carbocycles. The smallest absolute Gasteiger partial charge is 0.269 e. The number of carbonyl (C=O) groups excluding carboxylic acids is 6. The van der Waals surface area contributed by atoms with E-state index < -0.39 is 69.8 Å². The van der Waals surface area contributed by atoms with E-state index >= 15 is 0 Å². The first kappa shape index (κ1) is 37.3. The molecule has 15 heteroatoms. The van der Waals surface area contributed by atoms with E-state index in [2.05, 4.69) is 16.0 Å². The minimum Gasteiger partial charge on any atom is -0.508 e. The number of Topliss-reactive ketones (excluding diaryl/α,β-unsaturated/α-hetero) is 1. The number of nitrogens with one attached hydrogen (secondary N) is 3. The number of amides is 5. The van der Waals surface area contributed by atoms with Crippen LogP contribution in [0.15, 0.2) is 48.5 Å². The Labute approximate surface area is 277 Å². The number of non-ortho nitro benzene ring substituents is 1. The van der Waals surface area contributed by atoms with Gasteiger partial charge in [0.2, 0.25) is 17.7 Å². The molecule has 0 aromatic heterocycles. The van der Waals surface area contributed by atoms with Gasteiger partial charge in [-0.1, -0.05) is 39.8 Å². The molecule has 1 heterocycles. The number of anilines is 1. The summed E-state index contributed by atoms with van der Waals surface area (Å²) < 4.78 is 0. The van der Waals surface area contributed by atoms with Crippen LogP contribution in [0.5, 0.6) is 5.75 Å². The van der Waals surface area contributed by atoms with Crippen LogP contribution in [0.3, 0.4) is 0 Å². The molecule has 258 valence electrons. The van der Waals surface area contributed by atoms with E-state index in [1.54, 1.807) is 26.0 Å². The molecule has 1 aliphatic rings. The number of hydrogen-bond acceptors (Lipinski definition) is 10. The molecule has 1 saturated heterocycles. The average molecular weight is 667 g/mol. The van der Waals surface area contributed by atoms with Gasteiger partial charge >= 0.3 is 0 Å². The number of nitro groups is 1. The zero-order valence-electron chi connectivity index (χ0n) is 27.5. The largest absolute Gasteiger partial charge is 0.508 e. The number of nitrogens with zero attached hydrogens (tertiary/aromatic N) is 2. The lowest BCUT2D eigenvalue weighted by atomic mass is 9.74. The maximum absolute atomic E-state index is 14.4. The Hall–Kier alpha value is -5.18. The fourth-order valence-electron chi connectivity index (χ4n) is 5.61. The molecule has 2 aromatic rings. The van der Waals surface area contributed by atoms with Gasteiger partial charge < -0.3 is 26.8 Å². The van der Waals surface area contributed by atoms with Gasteiger partial charge in [0, 0.05) is 37.1 Å². The standard InChI is InChI=1S/C33H42N6O9/c1-18(2)16-26(37-30(44)25(36-29(43)20(5)34)17-21-6-12-24(40)13-7-21)31(45)38-28(42)15-14-27(41)33(38,19(3)4)32(46)35-22-8-10-23(11-9-22)39(47)48/h6-13,18-20,25-26,40H,14-17,34H2,1-5H3,(H,35,46)(H,36,43)(H,37,44)/t20-,25-,26-,33+/m0/s1. The summed E-state index contributed by atoms with van der Waals surface area (Å²) in [6, 6.07) is 7.18. The van der Waals surface area contributed by atoms with Crippen LogP contribution < -0.4 is 21.7 Å². The van der Waals surface area contributed by atoms with Crippen molar-refractivity contribution in [1.82, 2.24) is 15.5 Å². The highest BCUT2D eigenvalue weighted by atomic mass is 16.6. The molecule has 48 heavy (non-hydrogen) atoms. The Morgan fingerprint density at radius 1 is 0.917 bits per heavy atom. The maximum Gasteiger partial charge on any atom is 0.269 e. The summed E-state index contributed by atoms with van der Waals surface area (Å²) in [7, 11) is 0. The summed E-state index contributed by atoms with van der Waals surface area (Å²) >= 11 is 0. The minimum atomic E-state index is -2.30.